The molecular weight excluding hydrogens is 414 g/mol. The number of fused-ring (bicyclic) bond motifs is 1. The summed E-state index contributed by atoms with van der Waals surface area (Å²) in [6, 6.07) is 10.0. The van der Waals surface area contributed by atoms with E-state index in [9.17, 15) is 18.0 Å². The fourth-order valence-electron chi connectivity index (χ4n) is 4.53. The normalized spacial score (nSPS) is 22.0. The number of nitrogens with zero attached hydrogens (tertiary/aromatic N) is 2. The van der Waals surface area contributed by atoms with Crippen LogP contribution in [0.2, 0.25) is 0 Å². The Morgan fingerprint density at radius 1 is 0.968 bits per heavy atom. The van der Waals surface area contributed by atoms with Crippen LogP contribution < -0.4 is 10.2 Å². The highest BCUT2D eigenvalue weighted by Crippen LogP contribution is 2.35. The molecular formula is C23H27N3O4S. The minimum absolute atomic E-state index is 0.0916. The van der Waals surface area contributed by atoms with Crippen LogP contribution in [0.25, 0.3) is 0 Å². The molecule has 0 spiro atoms. The molecule has 0 aliphatic carbocycles. The van der Waals surface area contributed by atoms with Gasteiger partial charge in [0.2, 0.25) is 5.91 Å². The van der Waals surface area contributed by atoms with Crippen LogP contribution in [0.15, 0.2) is 36.4 Å². The minimum atomic E-state index is -3.30. The van der Waals surface area contributed by atoms with Crippen molar-refractivity contribution in [3.8, 4) is 0 Å². The molecule has 0 bridgehead atoms. The zero-order chi connectivity index (χ0) is 22.5. The first-order valence-corrected chi connectivity index (χ1v) is 12.1. The predicted octanol–water partition coefficient (Wildman–Crippen LogP) is 2.97. The van der Waals surface area contributed by atoms with Gasteiger partial charge in [-0.3, -0.25) is 9.69 Å². The van der Waals surface area contributed by atoms with Crippen LogP contribution in [0.3, 0.4) is 0 Å². The quantitative estimate of drug-likeness (QED) is 0.739. The molecule has 3 amide bonds. The first-order valence-electron chi connectivity index (χ1n) is 10.3. The van der Waals surface area contributed by atoms with Gasteiger partial charge < -0.3 is 10.2 Å². The molecule has 0 aromatic heterocycles. The van der Waals surface area contributed by atoms with E-state index in [1.54, 1.807) is 4.90 Å². The maximum Gasteiger partial charge on any atom is 0.325 e. The largest absolute Gasteiger partial charge is 0.325 e. The van der Waals surface area contributed by atoms with Crippen LogP contribution >= 0.6 is 0 Å². The number of aryl methyl sites for hydroxylation is 4. The molecule has 2 heterocycles. The van der Waals surface area contributed by atoms with Gasteiger partial charge in [-0.05, 0) is 74.2 Å². The van der Waals surface area contributed by atoms with Gasteiger partial charge in [0.1, 0.15) is 6.54 Å². The van der Waals surface area contributed by atoms with Crippen molar-refractivity contribution in [2.24, 2.45) is 0 Å². The first-order chi connectivity index (χ1) is 14.5. The van der Waals surface area contributed by atoms with Gasteiger partial charge in [-0.2, -0.15) is 0 Å². The van der Waals surface area contributed by atoms with E-state index in [2.05, 4.69) is 5.32 Å². The van der Waals surface area contributed by atoms with Gasteiger partial charge in [0.15, 0.2) is 9.84 Å². The summed E-state index contributed by atoms with van der Waals surface area (Å²) in [5, 5.41) is 2.83. The lowest BCUT2D eigenvalue weighted by molar-refractivity contribution is -0.116. The maximum absolute atomic E-state index is 13.3. The summed E-state index contributed by atoms with van der Waals surface area (Å²) in [6.45, 7) is 7.64. The summed E-state index contributed by atoms with van der Waals surface area (Å²) in [6.07, 6.45) is 0. The maximum atomic E-state index is 13.3. The van der Waals surface area contributed by atoms with Crippen molar-refractivity contribution < 1.29 is 18.0 Å². The fraction of sp³-hybridized carbons (Fsp3) is 0.391. The third kappa shape index (κ3) is 4.17. The molecule has 7 nitrogen and oxygen atoms in total. The summed E-state index contributed by atoms with van der Waals surface area (Å²) >= 11 is 0. The van der Waals surface area contributed by atoms with Crippen molar-refractivity contribution in [2.45, 2.75) is 39.8 Å². The molecule has 31 heavy (non-hydrogen) atoms. The Balaban J connectivity index is 1.60. The molecule has 8 heteroatoms. The summed E-state index contributed by atoms with van der Waals surface area (Å²) in [5.41, 5.74) is 5.49. The Morgan fingerprint density at radius 2 is 1.61 bits per heavy atom. The number of carbonyl (C=O) groups is 2. The van der Waals surface area contributed by atoms with Gasteiger partial charge in [0, 0.05) is 11.4 Å². The lowest BCUT2D eigenvalue weighted by Gasteiger charge is -2.23. The number of amides is 3. The number of benzene rings is 2. The molecule has 0 saturated carbocycles. The number of rotatable bonds is 4. The van der Waals surface area contributed by atoms with E-state index in [0.29, 0.717) is 11.4 Å². The van der Waals surface area contributed by atoms with Crippen LogP contribution in [0, 0.1) is 27.7 Å². The standard InChI is InChI=1S/C23H27N3O4S/c1-14-7-15(2)9-19(8-14)26-21-13-31(29,30)12-20(21)25(23(26)28)11-22(27)24-18-6-5-16(3)17(4)10-18/h5-10,20-21H,11-13H2,1-4H3,(H,24,27)/t20-,21-/m0/s1. The average molecular weight is 442 g/mol. The third-order valence-corrected chi connectivity index (χ3v) is 7.77. The van der Waals surface area contributed by atoms with Crippen molar-refractivity contribution in [1.29, 1.82) is 0 Å². The molecule has 2 aliphatic rings. The molecule has 164 valence electrons. The molecule has 0 unspecified atom stereocenters. The topological polar surface area (TPSA) is 86.8 Å². The molecule has 2 aromatic rings. The van der Waals surface area contributed by atoms with Gasteiger partial charge in [-0.15, -0.1) is 0 Å². The van der Waals surface area contributed by atoms with Crippen LogP contribution in [-0.2, 0) is 14.6 Å². The number of hydrogen-bond acceptors (Lipinski definition) is 4. The van der Waals surface area contributed by atoms with Crippen LogP contribution in [0.1, 0.15) is 22.3 Å². The van der Waals surface area contributed by atoms with E-state index in [0.717, 1.165) is 22.3 Å². The van der Waals surface area contributed by atoms with Crippen molar-refractivity contribution in [2.75, 3.05) is 28.3 Å². The molecule has 2 fully saturated rings. The fourth-order valence-corrected chi connectivity index (χ4v) is 6.48. The van der Waals surface area contributed by atoms with Gasteiger partial charge in [-0.25, -0.2) is 13.2 Å². The monoisotopic (exact) mass is 441 g/mol. The van der Waals surface area contributed by atoms with Crippen molar-refractivity contribution in [1.82, 2.24) is 4.90 Å². The highest BCUT2D eigenvalue weighted by molar-refractivity contribution is 7.91. The second-order valence-corrected chi connectivity index (χ2v) is 10.8. The molecule has 2 atom stereocenters. The van der Waals surface area contributed by atoms with Crippen molar-refractivity contribution in [3.05, 3.63) is 58.7 Å². The summed E-state index contributed by atoms with van der Waals surface area (Å²) in [5.74, 6) is -0.560. The molecule has 4 rings (SSSR count). The van der Waals surface area contributed by atoms with Crippen LogP contribution in [0.4, 0.5) is 16.2 Å². The zero-order valence-corrected chi connectivity index (χ0v) is 19.0. The summed E-state index contributed by atoms with van der Waals surface area (Å²) in [7, 11) is -3.30. The zero-order valence-electron chi connectivity index (χ0n) is 18.2. The first kappa shape index (κ1) is 21.4. The van der Waals surface area contributed by atoms with Gasteiger partial charge in [0.05, 0.1) is 23.6 Å². The number of carbonyl (C=O) groups excluding carboxylic acids is 2. The molecule has 2 saturated heterocycles. The Bertz CT molecular complexity index is 1160. The third-order valence-electron chi connectivity index (χ3n) is 6.07. The lowest BCUT2D eigenvalue weighted by atomic mass is 10.1. The number of nitrogens with one attached hydrogen (secondary N) is 1. The Morgan fingerprint density at radius 3 is 2.26 bits per heavy atom. The highest BCUT2D eigenvalue weighted by atomic mass is 32.2. The van der Waals surface area contributed by atoms with Gasteiger partial charge in [0.25, 0.3) is 0 Å². The van der Waals surface area contributed by atoms with E-state index in [4.69, 9.17) is 0 Å². The van der Waals surface area contributed by atoms with E-state index in [1.807, 2.05) is 64.1 Å². The van der Waals surface area contributed by atoms with Crippen molar-refractivity contribution in [3.63, 3.8) is 0 Å². The number of sulfone groups is 1. The Hall–Kier alpha value is -2.87. The minimum Gasteiger partial charge on any atom is -0.325 e. The van der Waals surface area contributed by atoms with E-state index >= 15 is 0 Å². The van der Waals surface area contributed by atoms with Gasteiger partial charge >= 0.3 is 6.03 Å². The van der Waals surface area contributed by atoms with E-state index < -0.39 is 21.9 Å². The molecule has 2 aliphatic heterocycles. The molecule has 0 radical (unpaired) electrons. The Labute approximate surface area is 183 Å². The molecule has 2 aromatic carbocycles. The van der Waals surface area contributed by atoms with E-state index in [-0.39, 0.29) is 30.0 Å². The number of urea groups is 1. The van der Waals surface area contributed by atoms with Crippen LogP contribution in [0.5, 0.6) is 0 Å². The average Bonchev–Trinajstić information content (AvgIpc) is 3.08. The second kappa shape index (κ2) is 7.67. The van der Waals surface area contributed by atoms with Crippen molar-refractivity contribution >= 4 is 33.2 Å². The SMILES string of the molecule is Cc1cc(C)cc(N2C(=O)N(CC(=O)Nc3ccc(C)c(C)c3)[C@H]3CS(=O)(=O)C[C@@H]32)c1. The predicted molar refractivity (Wildman–Crippen MR) is 121 cm³/mol. The van der Waals surface area contributed by atoms with Crippen LogP contribution in [-0.4, -0.2) is 55.4 Å². The number of hydrogen-bond donors (Lipinski definition) is 1. The smallest absolute Gasteiger partial charge is 0.325 e. The molecule has 1 N–H and O–H groups in total. The summed E-state index contributed by atoms with van der Waals surface area (Å²) < 4.78 is 24.8. The lowest BCUT2D eigenvalue weighted by Crippen LogP contribution is -2.42. The van der Waals surface area contributed by atoms with Gasteiger partial charge in [-0.1, -0.05) is 12.1 Å². The highest BCUT2D eigenvalue weighted by Gasteiger charge is 2.54. The van der Waals surface area contributed by atoms with E-state index in [1.165, 1.54) is 4.90 Å². The Kier molecular flexibility index (Phi) is 5.29. The summed E-state index contributed by atoms with van der Waals surface area (Å²) in [4.78, 5) is 29.0. The number of anilines is 2. The second-order valence-electron chi connectivity index (χ2n) is 8.69.